The van der Waals surface area contributed by atoms with E-state index in [2.05, 4.69) is 16.2 Å². The summed E-state index contributed by atoms with van der Waals surface area (Å²) in [7, 11) is 0. The normalized spacial score (nSPS) is 10.6. The fraction of sp³-hybridized carbons (Fsp3) is 0.333. The minimum Gasteiger partial charge on any atom is -0.361 e. The van der Waals surface area contributed by atoms with E-state index in [0.717, 1.165) is 29.3 Å². The molecule has 0 aliphatic heterocycles. The van der Waals surface area contributed by atoms with Gasteiger partial charge < -0.3 is 4.52 Å². The number of nitrogens with zero attached hydrogens (tertiary/aromatic N) is 2. The van der Waals surface area contributed by atoms with Gasteiger partial charge in [-0.2, -0.15) is 0 Å². The fourth-order valence-electron chi connectivity index (χ4n) is 1.60. The van der Waals surface area contributed by atoms with Crippen molar-refractivity contribution >= 4 is 0 Å². The molecular formula is C12H14N2O. The van der Waals surface area contributed by atoms with Crippen molar-refractivity contribution < 1.29 is 4.52 Å². The van der Waals surface area contributed by atoms with Crippen LogP contribution in [-0.4, -0.2) is 10.1 Å². The first kappa shape index (κ1) is 9.90. The summed E-state index contributed by atoms with van der Waals surface area (Å²) in [5.74, 6) is 0.850. The molecule has 15 heavy (non-hydrogen) atoms. The van der Waals surface area contributed by atoms with Gasteiger partial charge in [0.05, 0.1) is 5.69 Å². The van der Waals surface area contributed by atoms with Gasteiger partial charge in [-0.25, -0.2) is 0 Å². The third-order valence-electron chi connectivity index (χ3n) is 2.38. The third kappa shape index (κ3) is 2.24. The number of aromatic nitrogens is 2. The monoisotopic (exact) mass is 202 g/mol. The summed E-state index contributed by atoms with van der Waals surface area (Å²) < 4.78 is 5.03. The lowest BCUT2D eigenvalue weighted by atomic mass is 10.1. The molecule has 2 heterocycles. The van der Waals surface area contributed by atoms with E-state index in [4.69, 9.17) is 4.52 Å². The Bertz CT molecular complexity index is 474. The topological polar surface area (TPSA) is 38.9 Å². The highest BCUT2D eigenvalue weighted by molar-refractivity contribution is 5.26. The molecule has 0 saturated heterocycles. The van der Waals surface area contributed by atoms with Gasteiger partial charge in [-0.3, -0.25) is 4.98 Å². The Morgan fingerprint density at radius 3 is 2.60 bits per heavy atom. The van der Waals surface area contributed by atoms with Crippen LogP contribution in [0.4, 0.5) is 0 Å². The molecule has 2 aromatic rings. The van der Waals surface area contributed by atoms with Crippen LogP contribution in [0.2, 0.25) is 0 Å². The van der Waals surface area contributed by atoms with Crippen LogP contribution in [-0.2, 0) is 6.42 Å². The summed E-state index contributed by atoms with van der Waals surface area (Å²) in [6.07, 6.45) is 0.788. The molecule has 0 unspecified atom stereocenters. The van der Waals surface area contributed by atoms with Crippen LogP contribution in [0, 0.1) is 20.8 Å². The van der Waals surface area contributed by atoms with Crippen molar-refractivity contribution in [3.8, 4) is 0 Å². The second-order valence-electron chi connectivity index (χ2n) is 3.80. The lowest BCUT2D eigenvalue weighted by Gasteiger charge is -2.03. The van der Waals surface area contributed by atoms with Gasteiger partial charge in [0, 0.05) is 23.9 Å². The second-order valence-corrected chi connectivity index (χ2v) is 3.80. The summed E-state index contributed by atoms with van der Waals surface area (Å²) in [4.78, 5) is 4.42. The highest BCUT2D eigenvalue weighted by atomic mass is 16.5. The van der Waals surface area contributed by atoms with Crippen molar-refractivity contribution in [3.63, 3.8) is 0 Å². The number of hydrogen-bond donors (Lipinski definition) is 0. The van der Waals surface area contributed by atoms with Crippen molar-refractivity contribution in [3.05, 3.63) is 46.6 Å². The van der Waals surface area contributed by atoms with Crippen LogP contribution in [0.1, 0.15) is 28.4 Å². The van der Waals surface area contributed by atoms with E-state index in [1.54, 1.807) is 0 Å². The third-order valence-corrected chi connectivity index (χ3v) is 2.38. The highest BCUT2D eigenvalue weighted by Crippen LogP contribution is 2.12. The van der Waals surface area contributed by atoms with Crippen LogP contribution < -0.4 is 0 Å². The van der Waals surface area contributed by atoms with Crippen molar-refractivity contribution in [2.24, 2.45) is 0 Å². The van der Waals surface area contributed by atoms with Gasteiger partial charge in [-0.1, -0.05) is 11.2 Å². The summed E-state index contributed by atoms with van der Waals surface area (Å²) in [6.45, 7) is 5.92. The lowest BCUT2D eigenvalue weighted by molar-refractivity contribution is 0.391. The van der Waals surface area contributed by atoms with Gasteiger partial charge in [0.2, 0.25) is 0 Å². The predicted molar refractivity (Wildman–Crippen MR) is 57.8 cm³/mol. The Morgan fingerprint density at radius 1 is 1.20 bits per heavy atom. The Kier molecular flexibility index (Phi) is 2.54. The maximum absolute atomic E-state index is 5.03. The van der Waals surface area contributed by atoms with Crippen molar-refractivity contribution in [1.29, 1.82) is 0 Å². The molecule has 0 saturated carbocycles. The molecule has 0 aliphatic rings. The number of rotatable bonds is 2. The fourth-order valence-corrected chi connectivity index (χ4v) is 1.60. The van der Waals surface area contributed by atoms with Crippen LogP contribution in [0.25, 0.3) is 0 Å². The molecule has 0 aromatic carbocycles. The van der Waals surface area contributed by atoms with Crippen molar-refractivity contribution in [2.75, 3.05) is 0 Å². The summed E-state index contributed by atoms with van der Waals surface area (Å²) in [5, 5.41) is 3.97. The predicted octanol–water partition coefficient (Wildman–Crippen LogP) is 2.59. The van der Waals surface area contributed by atoms with Gasteiger partial charge in [-0.05, 0) is 32.4 Å². The van der Waals surface area contributed by atoms with E-state index in [1.165, 1.54) is 5.56 Å². The molecular weight excluding hydrogens is 188 g/mol. The summed E-state index contributed by atoms with van der Waals surface area (Å²) in [5.41, 5.74) is 4.28. The van der Waals surface area contributed by atoms with E-state index >= 15 is 0 Å². The molecule has 0 aliphatic carbocycles. The van der Waals surface area contributed by atoms with Crippen LogP contribution in [0.3, 0.4) is 0 Å². The van der Waals surface area contributed by atoms with E-state index in [-0.39, 0.29) is 0 Å². The SMILES string of the molecule is Cc1ccc(Cc2cc(C)on2)c(C)n1. The molecule has 2 aromatic heterocycles. The maximum Gasteiger partial charge on any atom is 0.133 e. The van der Waals surface area contributed by atoms with E-state index in [1.807, 2.05) is 32.9 Å². The second kappa shape index (κ2) is 3.85. The zero-order valence-electron chi connectivity index (χ0n) is 9.24. The number of pyridine rings is 1. The van der Waals surface area contributed by atoms with Crippen LogP contribution in [0.15, 0.2) is 22.7 Å². The Hall–Kier alpha value is -1.64. The molecule has 0 fully saturated rings. The zero-order chi connectivity index (χ0) is 10.8. The molecule has 0 atom stereocenters. The Labute approximate surface area is 89.1 Å². The van der Waals surface area contributed by atoms with Crippen molar-refractivity contribution in [1.82, 2.24) is 10.1 Å². The minimum absolute atomic E-state index is 0.788. The molecule has 3 heteroatoms. The molecule has 78 valence electrons. The lowest BCUT2D eigenvalue weighted by Crippen LogP contribution is -1.96. The van der Waals surface area contributed by atoms with E-state index < -0.39 is 0 Å². The summed E-state index contributed by atoms with van der Waals surface area (Å²) in [6, 6.07) is 6.08. The van der Waals surface area contributed by atoms with Crippen molar-refractivity contribution in [2.45, 2.75) is 27.2 Å². The molecule has 2 rings (SSSR count). The van der Waals surface area contributed by atoms with Crippen LogP contribution >= 0.6 is 0 Å². The first-order chi connectivity index (χ1) is 7.15. The number of aryl methyl sites for hydroxylation is 3. The zero-order valence-corrected chi connectivity index (χ0v) is 9.24. The standard InChI is InChI=1S/C12H14N2O/c1-8-4-5-11(10(3)13-8)7-12-6-9(2)15-14-12/h4-6H,7H2,1-3H3. The first-order valence-electron chi connectivity index (χ1n) is 5.00. The van der Waals surface area contributed by atoms with E-state index in [9.17, 15) is 0 Å². The Morgan fingerprint density at radius 2 is 2.00 bits per heavy atom. The summed E-state index contributed by atoms with van der Waals surface area (Å²) >= 11 is 0. The maximum atomic E-state index is 5.03. The highest BCUT2D eigenvalue weighted by Gasteiger charge is 2.05. The molecule has 0 spiro atoms. The molecule has 0 bridgehead atoms. The van der Waals surface area contributed by atoms with Crippen LogP contribution in [0.5, 0.6) is 0 Å². The van der Waals surface area contributed by atoms with Gasteiger partial charge in [0.1, 0.15) is 5.76 Å². The van der Waals surface area contributed by atoms with E-state index in [0.29, 0.717) is 0 Å². The smallest absolute Gasteiger partial charge is 0.133 e. The number of hydrogen-bond acceptors (Lipinski definition) is 3. The average Bonchev–Trinajstić information content (AvgIpc) is 2.56. The average molecular weight is 202 g/mol. The quantitative estimate of drug-likeness (QED) is 0.751. The largest absolute Gasteiger partial charge is 0.361 e. The Balaban J connectivity index is 2.24. The van der Waals surface area contributed by atoms with Gasteiger partial charge in [0.25, 0.3) is 0 Å². The molecule has 0 N–H and O–H groups in total. The van der Waals surface area contributed by atoms with Gasteiger partial charge in [-0.15, -0.1) is 0 Å². The van der Waals surface area contributed by atoms with Gasteiger partial charge >= 0.3 is 0 Å². The van der Waals surface area contributed by atoms with Gasteiger partial charge in [0.15, 0.2) is 0 Å². The minimum atomic E-state index is 0.788. The molecule has 0 amide bonds. The molecule has 0 radical (unpaired) electrons. The first-order valence-corrected chi connectivity index (χ1v) is 5.00. The molecule has 3 nitrogen and oxygen atoms in total.